The molecule has 0 radical (unpaired) electrons. The second-order valence-electron chi connectivity index (χ2n) is 6.90. The minimum Gasteiger partial charge on any atom is -0.323 e. The van der Waals surface area contributed by atoms with Gasteiger partial charge in [0.05, 0.1) is 22.5 Å². The lowest BCUT2D eigenvalue weighted by Crippen LogP contribution is -2.23. The van der Waals surface area contributed by atoms with Crippen LogP contribution in [-0.4, -0.2) is 36.0 Å². The van der Waals surface area contributed by atoms with E-state index < -0.39 is 0 Å². The summed E-state index contributed by atoms with van der Waals surface area (Å²) in [7, 11) is 0. The van der Waals surface area contributed by atoms with Gasteiger partial charge >= 0.3 is 0 Å². The minimum atomic E-state index is -0.267. The van der Waals surface area contributed by atoms with E-state index in [9.17, 15) is 9.59 Å². The van der Waals surface area contributed by atoms with Crippen molar-refractivity contribution in [3.8, 4) is 5.69 Å². The van der Waals surface area contributed by atoms with Crippen LogP contribution in [0.2, 0.25) is 5.02 Å². The molecule has 0 spiro atoms. The van der Waals surface area contributed by atoms with Crippen molar-refractivity contribution in [3.63, 3.8) is 0 Å². The van der Waals surface area contributed by atoms with Gasteiger partial charge in [-0.15, -0.1) is 17.9 Å². The summed E-state index contributed by atoms with van der Waals surface area (Å²) in [5.41, 5.74) is 1.96. The number of thioether (sulfide) groups is 1. The van der Waals surface area contributed by atoms with E-state index in [1.165, 1.54) is 40.4 Å². The van der Waals surface area contributed by atoms with Gasteiger partial charge in [0, 0.05) is 16.4 Å². The summed E-state index contributed by atoms with van der Waals surface area (Å²) in [6, 6.07) is 5.11. The van der Waals surface area contributed by atoms with Crippen LogP contribution in [0.1, 0.15) is 10.4 Å². The number of carbonyl (C=O) groups is 1. The van der Waals surface area contributed by atoms with Gasteiger partial charge in [-0.3, -0.25) is 14.2 Å². The van der Waals surface area contributed by atoms with Crippen LogP contribution in [0.3, 0.4) is 0 Å². The summed E-state index contributed by atoms with van der Waals surface area (Å²) >= 11 is 8.79. The number of carbonyl (C=O) groups excluding carboxylic acids is 1. The van der Waals surface area contributed by atoms with Gasteiger partial charge in [-0.1, -0.05) is 29.4 Å². The van der Waals surface area contributed by atoms with Gasteiger partial charge in [0.15, 0.2) is 5.16 Å². The lowest BCUT2D eigenvalue weighted by atomic mass is 10.2. The zero-order chi connectivity index (χ0) is 22.8. The molecule has 4 rings (SSSR count). The molecule has 0 aliphatic rings. The van der Waals surface area contributed by atoms with Crippen LogP contribution in [0, 0.1) is 13.8 Å². The standard InChI is InChI=1S/C21H19ClN6O2S2/c1-4-7-27-20(30)18-12(2)13(3)32-19(18)26-21(27)31-9-17(29)25-15-8-14(22)5-6-16(15)28-11-23-10-24-28/h4-6,8,10-11H,1,7,9H2,2-3H3,(H,25,29). The van der Waals surface area contributed by atoms with E-state index in [0.717, 1.165) is 10.4 Å². The number of anilines is 1. The molecule has 0 unspecified atom stereocenters. The molecule has 0 atom stereocenters. The van der Waals surface area contributed by atoms with Crippen LogP contribution in [-0.2, 0) is 11.3 Å². The highest BCUT2D eigenvalue weighted by atomic mass is 35.5. The fraction of sp³-hybridized carbons (Fsp3) is 0.190. The average Bonchev–Trinajstić information content (AvgIpc) is 3.38. The van der Waals surface area contributed by atoms with Crippen molar-refractivity contribution in [2.24, 2.45) is 0 Å². The summed E-state index contributed by atoms with van der Waals surface area (Å²) in [6.45, 7) is 7.94. The van der Waals surface area contributed by atoms with E-state index >= 15 is 0 Å². The SMILES string of the molecule is C=CCn1c(SCC(=O)Nc2cc(Cl)ccc2-n2cncn2)nc2sc(C)c(C)c2c1=O. The maximum absolute atomic E-state index is 13.1. The molecule has 0 fully saturated rings. The molecule has 0 saturated carbocycles. The first-order valence-corrected chi connectivity index (χ1v) is 11.8. The largest absolute Gasteiger partial charge is 0.323 e. The fourth-order valence-corrected chi connectivity index (χ4v) is 5.22. The van der Waals surface area contributed by atoms with Gasteiger partial charge in [0.1, 0.15) is 17.5 Å². The Kier molecular flexibility index (Phi) is 6.45. The molecule has 164 valence electrons. The summed E-state index contributed by atoms with van der Waals surface area (Å²) in [5, 5.41) is 8.54. The number of aromatic nitrogens is 5. The molecular weight excluding hydrogens is 468 g/mol. The van der Waals surface area contributed by atoms with Crippen LogP contribution in [0.25, 0.3) is 15.9 Å². The van der Waals surface area contributed by atoms with Gasteiger partial charge in [0.25, 0.3) is 5.56 Å². The van der Waals surface area contributed by atoms with Crippen molar-refractivity contribution < 1.29 is 4.79 Å². The van der Waals surface area contributed by atoms with Crippen molar-refractivity contribution in [1.29, 1.82) is 0 Å². The maximum atomic E-state index is 13.1. The van der Waals surface area contributed by atoms with E-state index in [1.54, 1.807) is 28.8 Å². The zero-order valence-electron chi connectivity index (χ0n) is 17.3. The van der Waals surface area contributed by atoms with Gasteiger partial charge in [-0.2, -0.15) is 5.10 Å². The first kappa shape index (κ1) is 22.3. The third-order valence-electron chi connectivity index (χ3n) is 4.80. The Morgan fingerprint density at radius 3 is 2.91 bits per heavy atom. The highest BCUT2D eigenvalue weighted by Crippen LogP contribution is 2.29. The van der Waals surface area contributed by atoms with E-state index in [1.807, 2.05) is 13.8 Å². The molecule has 0 aliphatic carbocycles. The number of nitrogens with one attached hydrogen (secondary N) is 1. The minimum absolute atomic E-state index is 0.0573. The average molecular weight is 487 g/mol. The Bertz CT molecular complexity index is 1380. The Morgan fingerprint density at radius 2 is 2.19 bits per heavy atom. The smallest absolute Gasteiger partial charge is 0.263 e. The molecule has 0 saturated heterocycles. The van der Waals surface area contributed by atoms with E-state index in [-0.39, 0.29) is 17.2 Å². The molecule has 1 aromatic carbocycles. The van der Waals surface area contributed by atoms with Crippen molar-refractivity contribution in [1.82, 2.24) is 24.3 Å². The molecule has 8 nitrogen and oxygen atoms in total. The topological polar surface area (TPSA) is 94.7 Å². The monoisotopic (exact) mass is 486 g/mol. The first-order chi connectivity index (χ1) is 15.4. The van der Waals surface area contributed by atoms with Crippen LogP contribution in [0.5, 0.6) is 0 Å². The second kappa shape index (κ2) is 9.27. The van der Waals surface area contributed by atoms with Gasteiger partial charge in [-0.25, -0.2) is 14.6 Å². The van der Waals surface area contributed by atoms with Crippen LogP contribution in [0.15, 0.2) is 53.5 Å². The summed E-state index contributed by atoms with van der Waals surface area (Å²) < 4.78 is 3.09. The molecular formula is C21H19ClN6O2S2. The lowest BCUT2D eigenvalue weighted by molar-refractivity contribution is -0.113. The number of fused-ring (bicyclic) bond motifs is 1. The van der Waals surface area contributed by atoms with Crippen LogP contribution >= 0.6 is 34.7 Å². The van der Waals surface area contributed by atoms with E-state index in [4.69, 9.17) is 11.6 Å². The third kappa shape index (κ3) is 4.34. The van der Waals surface area contributed by atoms with Crippen LogP contribution in [0.4, 0.5) is 5.69 Å². The fourth-order valence-electron chi connectivity index (χ4n) is 3.17. The molecule has 32 heavy (non-hydrogen) atoms. The summed E-state index contributed by atoms with van der Waals surface area (Å²) in [4.78, 5) is 36.1. The number of nitrogens with zero attached hydrogens (tertiary/aromatic N) is 5. The molecule has 0 bridgehead atoms. The van der Waals surface area contributed by atoms with Crippen molar-refractivity contribution in [3.05, 3.63) is 69.3 Å². The number of benzene rings is 1. The normalized spacial score (nSPS) is 11.1. The number of allylic oxidation sites excluding steroid dienone is 1. The molecule has 3 aromatic heterocycles. The van der Waals surface area contributed by atoms with E-state index in [0.29, 0.717) is 38.3 Å². The quantitative estimate of drug-likeness (QED) is 0.239. The Balaban J connectivity index is 1.59. The Labute approximate surface area is 197 Å². The molecule has 1 amide bonds. The first-order valence-electron chi connectivity index (χ1n) is 9.57. The van der Waals surface area contributed by atoms with Gasteiger partial charge < -0.3 is 5.32 Å². The zero-order valence-corrected chi connectivity index (χ0v) is 19.7. The van der Waals surface area contributed by atoms with E-state index in [2.05, 4.69) is 27.0 Å². The number of amides is 1. The number of thiophene rings is 1. The maximum Gasteiger partial charge on any atom is 0.263 e. The predicted octanol–water partition coefficient (Wildman–Crippen LogP) is 4.23. The van der Waals surface area contributed by atoms with Gasteiger partial charge in [-0.05, 0) is 37.6 Å². The lowest BCUT2D eigenvalue weighted by Gasteiger charge is -2.12. The summed E-state index contributed by atoms with van der Waals surface area (Å²) in [6.07, 6.45) is 4.58. The number of halogens is 1. The Hall–Kier alpha value is -2.95. The van der Waals surface area contributed by atoms with Crippen molar-refractivity contribution in [2.75, 3.05) is 11.1 Å². The van der Waals surface area contributed by atoms with Crippen molar-refractivity contribution in [2.45, 2.75) is 25.5 Å². The molecule has 3 heterocycles. The molecule has 4 aromatic rings. The number of rotatable bonds is 7. The predicted molar refractivity (Wildman–Crippen MR) is 129 cm³/mol. The number of hydrogen-bond donors (Lipinski definition) is 1. The molecule has 0 aliphatic heterocycles. The summed E-state index contributed by atoms with van der Waals surface area (Å²) in [5.74, 6) is -0.210. The third-order valence-corrected chi connectivity index (χ3v) is 7.11. The second-order valence-corrected chi connectivity index (χ2v) is 9.48. The number of aryl methyl sites for hydroxylation is 2. The molecule has 1 N–H and O–H groups in total. The van der Waals surface area contributed by atoms with Crippen LogP contribution < -0.4 is 10.9 Å². The highest BCUT2D eigenvalue weighted by Gasteiger charge is 2.18. The molecule has 11 heteroatoms. The Morgan fingerprint density at radius 1 is 1.38 bits per heavy atom. The highest BCUT2D eigenvalue weighted by molar-refractivity contribution is 7.99. The number of hydrogen-bond acceptors (Lipinski definition) is 7. The van der Waals surface area contributed by atoms with Gasteiger partial charge in [0.2, 0.25) is 5.91 Å². The van der Waals surface area contributed by atoms with Crippen molar-refractivity contribution >= 4 is 56.5 Å².